The minimum absolute atomic E-state index is 0.0737. The van der Waals surface area contributed by atoms with Crippen LogP contribution in [0.15, 0.2) is 18.2 Å². The Morgan fingerprint density at radius 3 is 2.87 bits per heavy atom. The zero-order valence-corrected chi connectivity index (χ0v) is 8.95. The summed E-state index contributed by atoms with van der Waals surface area (Å²) >= 11 is 0. The number of nitrogen functional groups attached to an aromatic ring is 1. The number of anilines is 2. The van der Waals surface area contributed by atoms with E-state index in [1.807, 2.05) is 26.0 Å². The summed E-state index contributed by atoms with van der Waals surface area (Å²) in [6.45, 7) is 4.62. The van der Waals surface area contributed by atoms with Crippen LogP contribution in [0, 0.1) is 0 Å². The molecule has 4 heteroatoms. The normalized spacial score (nSPS) is 15.1. The summed E-state index contributed by atoms with van der Waals surface area (Å²) in [4.78, 5) is 13.5. The van der Waals surface area contributed by atoms with Gasteiger partial charge in [-0.2, -0.15) is 0 Å². The molecule has 4 nitrogen and oxygen atoms in total. The molecule has 0 aromatic heterocycles. The second-order valence-corrected chi connectivity index (χ2v) is 4.03. The van der Waals surface area contributed by atoms with Crippen LogP contribution in [0.2, 0.25) is 0 Å². The molecule has 3 N–H and O–H groups in total. The van der Waals surface area contributed by atoms with Gasteiger partial charge in [0.1, 0.15) is 0 Å². The number of carbonyl (C=O) groups is 1. The molecule has 1 aliphatic heterocycles. The van der Waals surface area contributed by atoms with Crippen molar-refractivity contribution in [2.75, 3.05) is 11.1 Å². The zero-order valence-electron chi connectivity index (χ0n) is 8.95. The summed E-state index contributed by atoms with van der Waals surface area (Å²) in [5.74, 6) is 0. The molecule has 2 rings (SSSR count). The third-order valence-corrected chi connectivity index (χ3v) is 2.64. The van der Waals surface area contributed by atoms with Gasteiger partial charge >= 0.3 is 6.03 Å². The highest BCUT2D eigenvalue weighted by Crippen LogP contribution is 2.29. The maximum Gasteiger partial charge on any atom is 0.322 e. The lowest BCUT2D eigenvalue weighted by atomic mass is 10.1. The Labute approximate surface area is 89.1 Å². The minimum atomic E-state index is -0.0737. The van der Waals surface area contributed by atoms with Crippen LogP contribution in [-0.4, -0.2) is 17.0 Å². The third kappa shape index (κ3) is 1.63. The number of benzene rings is 1. The van der Waals surface area contributed by atoms with Gasteiger partial charge in [-0.1, -0.05) is 12.1 Å². The molecule has 80 valence electrons. The van der Waals surface area contributed by atoms with Gasteiger partial charge in [0.25, 0.3) is 0 Å². The van der Waals surface area contributed by atoms with Crippen molar-refractivity contribution in [2.45, 2.75) is 26.4 Å². The Balaban J connectivity index is 2.38. The molecule has 1 aromatic rings. The summed E-state index contributed by atoms with van der Waals surface area (Å²) in [6, 6.07) is 5.81. The van der Waals surface area contributed by atoms with Crippen molar-refractivity contribution in [2.24, 2.45) is 0 Å². The number of rotatable bonds is 1. The highest BCUT2D eigenvalue weighted by Gasteiger charge is 2.25. The van der Waals surface area contributed by atoms with E-state index in [0.29, 0.717) is 12.2 Å². The van der Waals surface area contributed by atoms with Crippen LogP contribution in [0.5, 0.6) is 0 Å². The van der Waals surface area contributed by atoms with Crippen molar-refractivity contribution >= 4 is 17.4 Å². The Kier molecular flexibility index (Phi) is 2.26. The molecule has 0 spiro atoms. The van der Waals surface area contributed by atoms with Crippen LogP contribution < -0.4 is 11.1 Å². The largest absolute Gasteiger partial charge is 0.397 e. The molecule has 1 aliphatic rings. The van der Waals surface area contributed by atoms with Gasteiger partial charge in [-0.25, -0.2) is 4.79 Å². The Bertz CT molecular complexity index is 401. The van der Waals surface area contributed by atoms with E-state index in [0.717, 1.165) is 11.3 Å². The standard InChI is InChI=1S/C11H15N3O/c1-7(2)14-6-8-4-3-5-9(12)10(8)13-11(14)15/h3-5,7H,6,12H2,1-2H3,(H,13,15). The van der Waals surface area contributed by atoms with E-state index < -0.39 is 0 Å². The topological polar surface area (TPSA) is 58.4 Å². The number of amides is 2. The molecule has 0 aliphatic carbocycles. The van der Waals surface area contributed by atoms with Gasteiger partial charge in [-0.15, -0.1) is 0 Å². The Morgan fingerprint density at radius 2 is 2.20 bits per heavy atom. The van der Waals surface area contributed by atoms with Crippen molar-refractivity contribution in [1.82, 2.24) is 4.90 Å². The van der Waals surface area contributed by atoms with Crippen LogP contribution >= 0.6 is 0 Å². The van der Waals surface area contributed by atoms with E-state index in [1.54, 1.807) is 11.0 Å². The quantitative estimate of drug-likeness (QED) is 0.689. The van der Waals surface area contributed by atoms with Crippen LogP contribution in [0.1, 0.15) is 19.4 Å². The first kappa shape index (κ1) is 9.83. The molecule has 0 saturated carbocycles. The van der Waals surface area contributed by atoms with E-state index in [1.165, 1.54) is 0 Å². The maximum absolute atomic E-state index is 11.7. The first-order valence-corrected chi connectivity index (χ1v) is 5.04. The van der Waals surface area contributed by atoms with Gasteiger partial charge in [0.2, 0.25) is 0 Å². The lowest BCUT2D eigenvalue weighted by molar-refractivity contribution is 0.191. The van der Waals surface area contributed by atoms with Crippen LogP contribution in [0.25, 0.3) is 0 Å². The molecule has 0 bridgehead atoms. The lowest BCUT2D eigenvalue weighted by Crippen LogP contribution is -2.42. The third-order valence-electron chi connectivity index (χ3n) is 2.64. The summed E-state index contributed by atoms with van der Waals surface area (Å²) in [7, 11) is 0. The maximum atomic E-state index is 11.7. The first-order valence-electron chi connectivity index (χ1n) is 5.04. The molecule has 2 amide bonds. The fourth-order valence-corrected chi connectivity index (χ4v) is 1.76. The van der Waals surface area contributed by atoms with Gasteiger partial charge in [-0.3, -0.25) is 0 Å². The molecular weight excluding hydrogens is 190 g/mol. The van der Waals surface area contributed by atoms with Crippen LogP contribution in [-0.2, 0) is 6.54 Å². The number of nitrogens with zero attached hydrogens (tertiary/aromatic N) is 1. The van der Waals surface area contributed by atoms with Crippen molar-refractivity contribution in [3.63, 3.8) is 0 Å². The van der Waals surface area contributed by atoms with Gasteiger partial charge in [0.05, 0.1) is 11.4 Å². The Hall–Kier alpha value is -1.71. The van der Waals surface area contributed by atoms with Crippen LogP contribution in [0.4, 0.5) is 16.2 Å². The summed E-state index contributed by atoms with van der Waals surface area (Å²) in [6.07, 6.45) is 0. The number of urea groups is 1. The number of para-hydroxylation sites is 1. The highest BCUT2D eigenvalue weighted by atomic mass is 16.2. The molecule has 0 radical (unpaired) electrons. The summed E-state index contributed by atoms with van der Waals surface area (Å²) in [5.41, 5.74) is 8.26. The number of hydrogen-bond acceptors (Lipinski definition) is 2. The van der Waals surface area contributed by atoms with Crippen molar-refractivity contribution in [3.8, 4) is 0 Å². The van der Waals surface area contributed by atoms with Gasteiger partial charge < -0.3 is 16.0 Å². The van der Waals surface area contributed by atoms with Gasteiger partial charge in [0, 0.05) is 12.6 Å². The number of carbonyl (C=O) groups excluding carboxylic acids is 1. The van der Waals surface area contributed by atoms with E-state index >= 15 is 0 Å². The SMILES string of the molecule is CC(C)N1Cc2cccc(N)c2NC1=O. The highest BCUT2D eigenvalue weighted by molar-refractivity contribution is 5.96. The molecule has 0 atom stereocenters. The molecule has 1 heterocycles. The van der Waals surface area contributed by atoms with Crippen LogP contribution in [0.3, 0.4) is 0 Å². The fourth-order valence-electron chi connectivity index (χ4n) is 1.76. The molecule has 0 fully saturated rings. The van der Waals surface area contributed by atoms with E-state index in [9.17, 15) is 4.79 Å². The molecule has 1 aromatic carbocycles. The summed E-state index contributed by atoms with van der Waals surface area (Å²) < 4.78 is 0. The van der Waals surface area contributed by atoms with Gasteiger partial charge in [0.15, 0.2) is 0 Å². The monoisotopic (exact) mass is 205 g/mol. The average molecular weight is 205 g/mol. The molecule has 0 saturated heterocycles. The smallest absolute Gasteiger partial charge is 0.322 e. The molecule has 15 heavy (non-hydrogen) atoms. The molecular formula is C11H15N3O. The number of fused-ring (bicyclic) bond motifs is 1. The van der Waals surface area contributed by atoms with Crippen molar-refractivity contribution in [3.05, 3.63) is 23.8 Å². The predicted molar refractivity (Wildman–Crippen MR) is 60.6 cm³/mol. The van der Waals surface area contributed by atoms with Crippen molar-refractivity contribution < 1.29 is 4.79 Å². The number of hydrogen-bond donors (Lipinski definition) is 2. The molecule has 0 unspecified atom stereocenters. The van der Waals surface area contributed by atoms with E-state index in [2.05, 4.69) is 5.32 Å². The predicted octanol–water partition coefficient (Wildman–Crippen LogP) is 2.02. The fraction of sp³-hybridized carbons (Fsp3) is 0.364. The minimum Gasteiger partial charge on any atom is -0.397 e. The average Bonchev–Trinajstić information content (AvgIpc) is 2.18. The second-order valence-electron chi connectivity index (χ2n) is 4.03. The van der Waals surface area contributed by atoms with E-state index in [-0.39, 0.29) is 12.1 Å². The number of nitrogens with one attached hydrogen (secondary N) is 1. The zero-order chi connectivity index (χ0) is 11.0. The lowest BCUT2D eigenvalue weighted by Gasteiger charge is -2.32. The second kappa shape index (κ2) is 3.46. The number of nitrogens with two attached hydrogens (primary N) is 1. The van der Waals surface area contributed by atoms with E-state index in [4.69, 9.17) is 5.73 Å². The Morgan fingerprint density at radius 1 is 1.47 bits per heavy atom. The van der Waals surface area contributed by atoms with Gasteiger partial charge in [-0.05, 0) is 25.5 Å². The summed E-state index contributed by atoms with van der Waals surface area (Å²) in [5, 5.41) is 2.82. The van der Waals surface area contributed by atoms with Crippen molar-refractivity contribution in [1.29, 1.82) is 0 Å². The first-order chi connectivity index (χ1) is 7.09.